The van der Waals surface area contributed by atoms with Crippen LogP contribution in [0, 0.1) is 11.3 Å². The van der Waals surface area contributed by atoms with Gasteiger partial charge in [0.15, 0.2) is 0 Å². The van der Waals surface area contributed by atoms with Crippen molar-refractivity contribution < 1.29 is 19.2 Å². The van der Waals surface area contributed by atoms with Gasteiger partial charge in [-0.05, 0) is 98.7 Å². The number of hydrogen-bond donors (Lipinski definition) is 3. The Morgan fingerprint density at radius 1 is 0.893 bits per heavy atom. The van der Waals surface area contributed by atoms with E-state index in [0.717, 1.165) is 11.1 Å². The van der Waals surface area contributed by atoms with Gasteiger partial charge < -0.3 is 16.0 Å². The first-order chi connectivity index (χ1) is 26.9. The number of hydrogen-bond acceptors (Lipinski definition) is 8. The van der Waals surface area contributed by atoms with Gasteiger partial charge in [0, 0.05) is 35.4 Å². The molecule has 15 heteroatoms. The fraction of sp³-hybridized carbons (Fsp3) is 0.268. The third kappa shape index (κ3) is 6.86. The van der Waals surface area contributed by atoms with Crippen LogP contribution in [0.15, 0.2) is 91.4 Å². The first-order valence-electron chi connectivity index (χ1n) is 18.1. The van der Waals surface area contributed by atoms with Crippen LogP contribution in [0.25, 0.3) is 0 Å². The van der Waals surface area contributed by atoms with Crippen LogP contribution in [-0.4, -0.2) is 55.2 Å². The zero-order valence-corrected chi connectivity index (χ0v) is 31.7. The highest BCUT2D eigenvalue weighted by Crippen LogP contribution is 2.47. The van der Waals surface area contributed by atoms with Crippen molar-refractivity contribution in [3.63, 3.8) is 0 Å². The van der Waals surface area contributed by atoms with E-state index in [-0.39, 0.29) is 41.5 Å². The van der Waals surface area contributed by atoms with E-state index in [0.29, 0.717) is 65.6 Å². The molecule has 1 atom stereocenters. The smallest absolute Gasteiger partial charge is 0.270 e. The molecule has 3 N–H and O–H groups in total. The van der Waals surface area contributed by atoms with Crippen LogP contribution in [0.1, 0.15) is 76.0 Å². The first-order valence-corrected chi connectivity index (χ1v) is 18.9. The van der Waals surface area contributed by atoms with Crippen molar-refractivity contribution in [3.8, 4) is 6.07 Å². The van der Waals surface area contributed by atoms with Crippen LogP contribution in [0.4, 0.5) is 11.6 Å². The molecule has 2 saturated carbocycles. The Kier molecular flexibility index (Phi) is 9.34. The van der Waals surface area contributed by atoms with Gasteiger partial charge in [0.2, 0.25) is 11.9 Å². The predicted octanol–water partition coefficient (Wildman–Crippen LogP) is 5.53. The molecule has 4 amide bonds. The summed E-state index contributed by atoms with van der Waals surface area (Å²) in [5.74, 6) is -1.44. The molecule has 0 radical (unpaired) electrons. The van der Waals surface area contributed by atoms with Gasteiger partial charge >= 0.3 is 0 Å². The standard InChI is InChI=1S/C41H35Cl2N9O4/c1-39(21-25-7-9-26(22-44)10-8-25)37(56)51(30-19-28(42)18-29(43)20-30)38-47-24-32(52(38)39)35(54)49-41(14-15-41)36(55)50-40(12-13-40)33-6-2-5-31(48-33)34(53)46-17-11-27-4-3-16-45-23-27/h2-10,16,18-20,23-24H,11-15,17,21H2,1H3,(H,46,53)(H,49,54)(H,50,55)/t39-/m1/s1. The van der Waals surface area contributed by atoms with Gasteiger partial charge in [0.05, 0.1) is 34.7 Å². The number of benzene rings is 2. The van der Waals surface area contributed by atoms with Crippen molar-refractivity contribution in [1.29, 1.82) is 5.26 Å². The molecule has 0 bridgehead atoms. The highest BCUT2D eigenvalue weighted by Gasteiger charge is 2.57. The maximum Gasteiger partial charge on any atom is 0.270 e. The minimum Gasteiger partial charge on any atom is -0.350 e. The summed E-state index contributed by atoms with van der Waals surface area (Å²) in [7, 11) is 0. The Bertz CT molecular complexity index is 2420. The summed E-state index contributed by atoms with van der Waals surface area (Å²) in [5.41, 5.74) is 0.195. The highest BCUT2D eigenvalue weighted by molar-refractivity contribution is 6.35. The van der Waals surface area contributed by atoms with Crippen molar-refractivity contribution in [1.82, 2.24) is 35.5 Å². The van der Waals surface area contributed by atoms with E-state index in [9.17, 15) is 24.4 Å². The number of pyridine rings is 2. The van der Waals surface area contributed by atoms with Gasteiger partial charge in [-0.2, -0.15) is 5.26 Å². The molecular weight excluding hydrogens is 753 g/mol. The van der Waals surface area contributed by atoms with Crippen molar-refractivity contribution in [2.45, 2.75) is 62.1 Å². The summed E-state index contributed by atoms with van der Waals surface area (Å²) in [4.78, 5) is 70.3. The molecule has 8 rings (SSSR count). The summed E-state index contributed by atoms with van der Waals surface area (Å²) in [5, 5.41) is 18.9. The average molecular weight is 789 g/mol. The summed E-state index contributed by atoms with van der Waals surface area (Å²) in [6, 6.07) is 22.7. The Hall–Kier alpha value is -6.10. The van der Waals surface area contributed by atoms with E-state index in [2.05, 4.69) is 37.0 Å². The number of imidazole rings is 1. The number of nitrogens with zero attached hydrogens (tertiary/aromatic N) is 6. The number of nitriles is 1. The number of halogens is 2. The molecule has 0 spiro atoms. The minimum absolute atomic E-state index is 0.0873. The lowest BCUT2D eigenvalue weighted by Crippen LogP contribution is -2.52. The Morgan fingerprint density at radius 2 is 1.64 bits per heavy atom. The fourth-order valence-electron chi connectivity index (χ4n) is 7.23. The topological polar surface area (TPSA) is 175 Å². The molecule has 1 aliphatic heterocycles. The minimum atomic E-state index is -1.35. The second kappa shape index (κ2) is 14.2. The second-order valence-electron chi connectivity index (χ2n) is 14.7. The average Bonchev–Trinajstić information content (AvgIpc) is 4.10. The van der Waals surface area contributed by atoms with Crippen molar-refractivity contribution >= 4 is 58.5 Å². The quantitative estimate of drug-likeness (QED) is 0.148. The molecule has 3 aliphatic rings. The number of anilines is 2. The van der Waals surface area contributed by atoms with Crippen LogP contribution in [-0.2, 0) is 33.5 Å². The Morgan fingerprint density at radius 3 is 2.30 bits per heavy atom. The van der Waals surface area contributed by atoms with Gasteiger partial charge in [0.25, 0.3) is 17.7 Å². The zero-order chi connectivity index (χ0) is 39.2. The molecule has 0 unspecified atom stereocenters. The van der Waals surface area contributed by atoms with Crippen molar-refractivity contribution in [3.05, 3.63) is 135 Å². The molecule has 13 nitrogen and oxygen atoms in total. The monoisotopic (exact) mass is 787 g/mol. The van der Waals surface area contributed by atoms with Gasteiger partial charge in [-0.15, -0.1) is 0 Å². The molecule has 5 aromatic rings. The van der Waals surface area contributed by atoms with Gasteiger partial charge in [0.1, 0.15) is 22.5 Å². The Labute approximate surface area is 332 Å². The maximum atomic E-state index is 14.4. The number of fused-ring (bicyclic) bond motifs is 1. The summed E-state index contributed by atoms with van der Waals surface area (Å²) >= 11 is 12.7. The second-order valence-corrected chi connectivity index (χ2v) is 15.5. The third-order valence-corrected chi connectivity index (χ3v) is 11.0. The zero-order valence-electron chi connectivity index (χ0n) is 30.2. The number of carbonyl (C=O) groups is 4. The Balaban J connectivity index is 1.01. The van der Waals surface area contributed by atoms with Gasteiger partial charge in [-0.1, -0.05) is 47.5 Å². The SMILES string of the molecule is C[C@@]1(Cc2ccc(C#N)cc2)C(=O)N(c2cc(Cl)cc(Cl)c2)c2ncc(C(=O)NC3(C(=O)NC4(c5cccc(C(=O)NCCc6cccnc6)n5)CC4)CC3)n21. The van der Waals surface area contributed by atoms with Crippen LogP contribution < -0.4 is 20.9 Å². The van der Waals surface area contributed by atoms with E-state index >= 15 is 0 Å². The largest absolute Gasteiger partial charge is 0.350 e. The van der Waals surface area contributed by atoms with E-state index in [1.165, 1.54) is 11.1 Å². The van der Waals surface area contributed by atoms with E-state index in [4.69, 9.17) is 23.2 Å². The molecule has 2 fully saturated rings. The number of nitrogens with one attached hydrogen (secondary N) is 3. The lowest BCUT2D eigenvalue weighted by Gasteiger charge is -2.27. The molecule has 282 valence electrons. The predicted molar refractivity (Wildman–Crippen MR) is 207 cm³/mol. The molecule has 2 aliphatic carbocycles. The summed E-state index contributed by atoms with van der Waals surface area (Å²) in [6.07, 6.45) is 7.68. The lowest BCUT2D eigenvalue weighted by molar-refractivity contribution is -0.125. The molecule has 2 aromatic carbocycles. The van der Waals surface area contributed by atoms with Crippen molar-refractivity contribution in [2.24, 2.45) is 0 Å². The van der Waals surface area contributed by atoms with E-state index in [1.807, 2.05) is 12.1 Å². The van der Waals surface area contributed by atoms with Gasteiger partial charge in [-0.3, -0.25) is 28.7 Å². The molecular formula is C41H35Cl2N9O4. The molecule has 4 heterocycles. The summed E-state index contributed by atoms with van der Waals surface area (Å²) < 4.78 is 1.59. The van der Waals surface area contributed by atoms with Crippen LogP contribution in [0.5, 0.6) is 0 Å². The fourth-order valence-corrected chi connectivity index (χ4v) is 7.75. The van der Waals surface area contributed by atoms with E-state index < -0.39 is 22.5 Å². The maximum absolute atomic E-state index is 14.4. The normalized spacial score (nSPS) is 18.4. The van der Waals surface area contributed by atoms with Gasteiger partial charge in [-0.25, -0.2) is 14.9 Å². The number of aromatic nitrogens is 4. The highest BCUT2D eigenvalue weighted by atomic mass is 35.5. The van der Waals surface area contributed by atoms with E-state index in [1.54, 1.807) is 84.5 Å². The lowest BCUT2D eigenvalue weighted by atomic mass is 9.91. The van der Waals surface area contributed by atoms with Crippen molar-refractivity contribution in [2.75, 3.05) is 11.4 Å². The third-order valence-electron chi connectivity index (χ3n) is 10.6. The molecule has 3 aromatic heterocycles. The molecule has 56 heavy (non-hydrogen) atoms. The summed E-state index contributed by atoms with van der Waals surface area (Å²) in [6.45, 7) is 2.14. The number of amides is 4. The van der Waals surface area contributed by atoms with Crippen LogP contribution in [0.3, 0.4) is 0 Å². The molecule has 0 saturated heterocycles. The number of carbonyl (C=O) groups excluding carboxylic acids is 4. The van der Waals surface area contributed by atoms with Crippen LogP contribution in [0.2, 0.25) is 10.0 Å². The number of rotatable bonds is 12. The first kappa shape index (κ1) is 36.9. The van der Waals surface area contributed by atoms with Crippen LogP contribution >= 0.6 is 23.2 Å².